The number of carbonyl (C=O) groups is 3. The maximum Gasteiger partial charge on any atom is 0.322 e. The number of hydrogen-bond acceptors (Lipinski definition) is 6. The Morgan fingerprint density at radius 2 is 2.29 bits per heavy atom. The number of rotatable bonds is 3. The lowest BCUT2D eigenvalue weighted by Crippen LogP contribution is -2.49. The molecule has 10 heteroatoms. The second kappa shape index (κ2) is 4.81. The van der Waals surface area contributed by atoms with E-state index in [-0.39, 0.29) is 31.4 Å². The maximum absolute atomic E-state index is 12.2. The van der Waals surface area contributed by atoms with Gasteiger partial charge < -0.3 is 16.0 Å². The lowest BCUT2D eigenvalue weighted by molar-refractivity contribution is -0.131. The zero-order chi connectivity index (χ0) is 15.0. The third-order valence-electron chi connectivity index (χ3n) is 3.73. The Kier molecular flexibility index (Phi) is 3.09. The second-order valence-electron chi connectivity index (χ2n) is 5.17. The highest BCUT2D eigenvalue weighted by Crippen LogP contribution is 2.24. The Labute approximate surface area is 119 Å². The first-order chi connectivity index (χ1) is 10.0. The van der Waals surface area contributed by atoms with Gasteiger partial charge in [-0.25, -0.2) is 9.48 Å². The molecule has 3 rings (SSSR count). The highest BCUT2D eigenvalue weighted by atomic mass is 16.2. The highest BCUT2D eigenvalue weighted by Gasteiger charge is 2.51. The number of nitrogens with two attached hydrogens (primary N) is 1. The molecule has 4 amide bonds. The Balaban J connectivity index is 1.64. The Bertz CT molecular complexity index is 613. The topological polar surface area (TPSA) is 135 Å². The molecule has 0 aromatic carbocycles. The fourth-order valence-electron chi connectivity index (χ4n) is 2.59. The van der Waals surface area contributed by atoms with E-state index >= 15 is 0 Å². The molecule has 0 radical (unpaired) electrons. The van der Waals surface area contributed by atoms with Crippen LogP contribution in [0.2, 0.25) is 0 Å². The van der Waals surface area contributed by atoms with Crippen LogP contribution in [0.3, 0.4) is 0 Å². The Hall–Kier alpha value is -2.49. The van der Waals surface area contributed by atoms with Crippen LogP contribution in [0.5, 0.6) is 0 Å². The van der Waals surface area contributed by atoms with Crippen LogP contribution in [0.15, 0.2) is 6.20 Å². The molecule has 1 atom stereocenters. The molecule has 2 aliphatic rings. The molecule has 0 bridgehead atoms. The minimum absolute atomic E-state index is 0.0264. The zero-order valence-electron chi connectivity index (χ0n) is 11.2. The molecule has 1 aromatic heterocycles. The van der Waals surface area contributed by atoms with Gasteiger partial charge in [0.25, 0.3) is 5.91 Å². The maximum atomic E-state index is 12.2. The molecule has 1 spiro atoms. The van der Waals surface area contributed by atoms with E-state index in [0.29, 0.717) is 18.7 Å². The lowest BCUT2D eigenvalue weighted by atomic mass is 10.00. The predicted octanol–water partition coefficient (Wildman–Crippen LogP) is -2.45. The molecule has 2 fully saturated rings. The summed E-state index contributed by atoms with van der Waals surface area (Å²) in [7, 11) is 0. The van der Waals surface area contributed by atoms with Crippen molar-refractivity contribution >= 4 is 17.8 Å². The molecule has 0 aliphatic carbocycles. The van der Waals surface area contributed by atoms with Gasteiger partial charge in [0, 0.05) is 13.1 Å². The number of likely N-dealkylation sites (tertiary alicyclic amines) is 1. The van der Waals surface area contributed by atoms with Gasteiger partial charge in [-0.1, -0.05) is 5.21 Å². The molecule has 0 saturated carbocycles. The van der Waals surface area contributed by atoms with Crippen molar-refractivity contribution in [3.8, 4) is 0 Å². The van der Waals surface area contributed by atoms with Crippen LogP contribution in [-0.2, 0) is 22.7 Å². The smallest absolute Gasteiger partial charge is 0.322 e. The number of urea groups is 1. The summed E-state index contributed by atoms with van der Waals surface area (Å²) in [5.74, 6) is -0.566. The predicted molar refractivity (Wildman–Crippen MR) is 68.5 cm³/mol. The summed E-state index contributed by atoms with van der Waals surface area (Å²) in [4.78, 5) is 36.8. The molecule has 2 saturated heterocycles. The molecule has 112 valence electrons. The number of nitrogens with zero attached hydrogens (tertiary/aromatic N) is 4. The van der Waals surface area contributed by atoms with Gasteiger partial charge in [-0.2, -0.15) is 0 Å². The quantitative estimate of drug-likeness (QED) is 0.529. The number of nitrogens with one attached hydrogen (secondary N) is 2. The van der Waals surface area contributed by atoms with Gasteiger partial charge in [0.1, 0.15) is 12.1 Å². The molecule has 3 heterocycles. The molecular formula is C11H15N7O3. The average molecular weight is 293 g/mol. The van der Waals surface area contributed by atoms with Crippen LogP contribution < -0.4 is 16.4 Å². The first-order valence-corrected chi connectivity index (χ1v) is 6.53. The molecule has 10 nitrogen and oxygen atoms in total. The number of amides is 4. The van der Waals surface area contributed by atoms with E-state index in [1.54, 1.807) is 6.20 Å². The van der Waals surface area contributed by atoms with E-state index in [9.17, 15) is 14.4 Å². The monoisotopic (exact) mass is 293 g/mol. The van der Waals surface area contributed by atoms with Crippen molar-refractivity contribution in [2.24, 2.45) is 5.73 Å². The first-order valence-electron chi connectivity index (χ1n) is 6.53. The van der Waals surface area contributed by atoms with Gasteiger partial charge in [-0.05, 0) is 6.42 Å². The van der Waals surface area contributed by atoms with Gasteiger partial charge in [-0.3, -0.25) is 14.9 Å². The second-order valence-corrected chi connectivity index (χ2v) is 5.17. The van der Waals surface area contributed by atoms with E-state index in [1.807, 2.05) is 0 Å². The van der Waals surface area contributed by atoms with Crippen LogP contribution in [0.1, 0.15) is 12.1 Å². The van der Waals surface area contributed by atoms with E-state index in [0.717, 1.165) is 0 Å². The van der Waals surface area contributed by atoms with Crippen molar-refractivity contribution in [2.45, 2.75) is 25.0 Å². The fourth-order valence-corrected chi connectivity index (χ4v) is 2.59. The van der Waals surface area contributed by atoms with E-state index in [1.165, 1.54) is 9.58 Å². The van der Waals surface area contributed by atoms with E-state index in [4.69, 9.17) is 5.73 Å². The fraction of sp³-hybridized carbons (Fsp3) is 0.545. The van der Waals surface area contributed by atoms with Crippen molar-refractivity contribution in [1.29, 1.82) is 0 Å². The summed E-state index contributed by atoms with van der Waals surface area (Å²) in [6.45, 7) is 0.860. The summed E-state index contributed by atoms with van der Waals surface area (Å²) in [6, 6.07) is -0.516. The van der Waals surface area contributed by atoms with Gasteiger partial charge >= 0.3 is 6.03 Å². The molecule has 1 aromatic rings. The largest absolute Gasteiger partial charge is 0.338 e. The Morgan fingerprint density at radius 1 is 1.48 bits per heavy atom. The minimum Gasteiger partial charge on any atom is -0.338 e. The minimum atomic E-state index is -0.989. The summed E-state index contributed by atoms with van der Waals surface area (Å²) >= 11 is 0. The first kappa shape index (κ1) is 13.5. The van der Waals surface area contributed by atoms with E-state index in [2.05, 4.69) is 20.9 Å². The number of aromatic nitrogens is 3. The standard InChI is InChI=1S/C11H15N7O3/c12-3-7-4-18(16-15-7)5-8(19)17-2-1-11(6-17)9(20)13-10(21)14-11/h4H,1-3,5-6,12H2,(H2,13,14,20,21). The Morgan fingerprint density at radius 3 is 2.90 bits per heavy atom. The van der Waals surface area contributed by atoms with Crippen LogP contribution >= 0.6 is 0 Å². The SMILES string of the molecule is NCc1cn(CC(=O)N2CCC3(C2)NC(=O)NC3=O)nn1. The van der Waals surface area contributed by atoms with Crippen LogP contribution in [0, 0.1) is 0 Å². The van der Waals surface area contributed by atoms with Crippen molar-refractivity contribution in [3.63, 3.8) is 0 Å². The summed E-state index contributed by atoms with van der Waals surface area (Å²) in [5.41, 5.74) is 5.04. The molecular weight excluding hydrogens is 278 g/mol. The van der Waals surface area contributed by atoms with Crippen LogP contribution in [0.4, 0.5) is 4.79 Å². The number of hydrogen-bond donors (Lipinski definition) is 3. The zero-order valence-corrected chi connectivity index (χ0v) is 11.2. The van der Waals surface area contributed by atoms with Crippen LogP contribution in [0.25, 0.3) is 0 Å². The third kappa shape index (κ3) is 2.33. The summed E-state index contributed by atoms with van der Waals surface area (Å²) in [6.07, 6.45) is 2.01. The van der Waals surface area contributed by atoms with Crippen LogP contribution in [-0.4, -0.2) is 56.4 Å². The highest BCUT2D eigenvalue weighted by molar-refractivity contribution is 6.07. The lowest BCUT2D eigenvalue weighted by Gasteiger charge is -2.20. The average Bonchev–Trinajstić information content (AvgIpc) is 3.11. The van der Waals surface area contributed by atoms with Crippen molar-refractivity contribution in [1.82, 2.24) is 30.5 Å². The normalized spacial score (nSPS) is 24.5. The molecule has 21 heavy (non-hydrogen) atoms. The van der Waals surface area contributed by atoms with Gasteiger partial charge in [0.15, 0.2) is 0 Å². The molecule has 2 aliphatic heterocycles. The third-order valence-corrected chi connectivity index (χ3v) is 3.73. The summed E-state index contributed by atoms with van der Waals surface area (Å²) in [5, 5.41) is 12.4. The van der Waals surface area contributed by atoms with Crippen molar-refractivity contribution in [2.75, 3.05) is 13.1 Å². The molecule has 4 N–H and O–H groups in total. The molecule has 1 unspecified atom stereocenters. The van der Waals surface area contributed by atoms with Gasteiger partial charge in [-0.15, -0.1) is 5.10 Å². The summed E-state index contributed by atoms with van der Waals surface area (Å²) < 4.78 is 1.41. The van der Waals surface area contributed by atoms with E-state index < -0.39 is 11.6 Å². The van der Waals surface area contributed by atoms with Crippen molar-refractivity contribution in [3.05, 3.63) is 11.9 Å². The van der Waals surface area contributed by atoms with Crippen molar-refractivity contribution < 1.29 is 14.4 Å². The number of carbonyl (C=O) groups excluding carboxylic acids is 3. The number of imide groups is 1. The van der Waals surface area contributed by atoms with Gasteiger partial charge in [0.2, 0.25) is 5.91 Å². The van der Waals surface area contributed by atoms with Gasteiger partial charge in [0.05, 0.1) is 18.4 Å².